The molecule has 2 aliphatic rings. The lowest BCUT2D eigenvalue weighted by Gasteiger charge is -2.47. The first-order valence-corrected chi connectivity index (χ1v) is 11.5. The summed E-state index contributed by atoms with van der Waals surface area (Å²) < 4.78 is 23.2. The molecule has 0 aliphatic carbocycles. The summed E-state index contributed by atoms with van der Waals surface area (Å²) in [4.78, 5) is 12.5. The van der Waals surface area contributed by atoms with Gasteiger partial charge in [0, 0.05) is 25.5 Å². The fourth-order valence-corrected chi connectivity index (χ4v) is 4.20. The molecular weight excluding hydrogens is 410 g/mol. The standard InChI is InChI=1S/C25H35NO6/c1-3-4-5-6-7-8-9-13-16-20(27)26-21-22(28)23-19(31-25(21)29-2)17-30-24(32-23)18-14-11-10-12-15-18/h1,10-12,14-15,19,21-25,28H,4-9,13,16-17H2,2H3,(H,26,27)/t19-,21-,22-,23-,24?,25+/m1/s1. The number of rotatable bonds is 11. The van der Waals surface area contributed by atoms with Gasteiger partial charge in [-0.1, -0.05) is 56.0 Å². The second-order valence-corrected chi connectivity index (χ2v) is 8.36. The summed E-state index contributed by atoms with van der Waals surface area (Å²) in [6.07, 6.45) is 9.25. The van der Waals surface area contributed by atoms with E-state index < -0.39 is 36.9 Å². The van der Waals surface area contributed by atoms with Crippen LogP contribution in [0.4, 0.5) is 0 Å². The third-order valence-corrected chi connectivity index (χ3v) is 5.97. The van der Waals surface area contributed by atoms with Crippen LogP contribution < -0.4 is 5.32 Å². The number of carbonyl (C=O) groups is 1. The van der Waals surface area contributed by atoms with Crippen LogP contribution in [0.15, 0.2) is 30.3 Å². The highest BCUT2D eigenvalue weighted by Crippen LogP contribution is 2.34. The summed E-state index contributed by atoms with van der Waals surface area (Å²) in [5, 5.41) is 13.9. The smallest absolute Gasteiger partial charge is 0.220 e. The molecule has 7 nitrogen and oxygen atoms in total. The van der Waals surface area contributed by atoms with Crippen molar-refractivity contribution in [3.8, 4) is 12.3 Å². The van der Waals surface area contributed by atoms with Crippen molar-refractivity contribution in [2.24, 2.45) is 0 Å². The maximum absolute atomic E-state index is 12.5. The van der Waals surface area contributed by atoms with Gasteiger partial charge in [-0.3, -0.25) is 4.79 Å². The summed E-state index contributed by atoms with van der Waals surface area (Å²) in [7, 11) is 1.49. The zero-order valence-electron chi connectivity index (χ0n) is 18.8. The summed E-state index contributed by atoms with van der Waals surface area (Å²) in [6, 6.07) is 8.84. The van der Waals surface area contributed by atoms with Gasteiger partial charge in [0.25, 0.3) is 0 Å². The Labute approximate surface area is 190 Å². The van der Waals surface area contributed by atoms with Crippen molar-refractivity contribution in [3.63, 3.8) is 0 Å². The largest absolute Gasteiger partial charge is 0.388 e. The third-order valence-electron chi connectivity index (χ3n) is 5.97. The number of ether oxygens (including phenoxy) is 4. The Balaban J connectivity index is 1.47. The molecule has 1 unspecified atom stereocenters. The molecule has 1 aromatic carbocycles. The number of aliphatic hydroxyl groups excluding tert-OH is 1. The van der Waals surface area contributed by atoms with Gasteiger partial charge in [0.2, 0.25) is 5.91 Å². The predicted octanol–water partition coefficient (Wildman–Crippen LogP) is 3.07. The minimum Gasteiger partial charge on any atom is -0.388 e. The van der Waals surface area contributed by atoms with Crippen LogP contribution in [-0.2, 0) is 23.7 Å². The van der Waals surface area contributed by atoms with E-state index in [9.17, 15) is 9.90 Å². The molecule has 2 heterocycles. The van der Waals surface area contributed by atoms with Crippen molar-refractivity contribution in [1.29, 1.82) is 0 Å². The predicted molar refractivity (Wildman–Crippen MR) is 119 cm³/mol. The molecule has 1 aromatic rings. The number of nitrogens with one attached hydrogen (secondary N) is 1. The maximum atomic E-state index is 12.5. The van der Waals surface area contributed by atoms with Crippen molar-refractivity contribution in [2.75, 3.05) is 13.7 Å². The lowest BCUT2D eigenvalue weighted by molar-refractivity contribution is -0.341. The number of fused-ring (bicyclic) bond motifs is 1. The first-order valence-electron chi connectivity index (χ1n) is 11.5. The fraction of sp³-hybridized carbons (Fsp3) is 0.640. The average molecular weight is 446 g/mol. The van der Waals surface area contributed by atoms with Crippen LogP contribution in [-0.4, -0.2) is 55.4 Å². The molecule has 2 fully saturated rings. The Morgan fingerprint density at radius 1 is 1.16 bits per heavy atom. The molecular formula is C25H35NO6. The minimum absolute atomic E-state index is 0.128. The van der Waals surface area contributed by atoms with E-state index in [4.69, 9.17) is 25.4 Å². The second-order valence-electron chi connectivity index (χ2n) is 8.36. The Kier molecular flexibility index (Phi) is 9.97. The fourth-order valence-electron chi connectivity index (χ4n) is 4.20. The Hall–Kier alpha value is -1.95. The zero-order valence-corrected chi connectivity index (χ0v) is 18.8. The molecule has 0 spiro atoms. The summed E-state index contributed by atoms with van der Waals surface area (Å²) in [5.41, 5.74) is 0.867. The zero-order chi connectivity index (χ0) is 22.8. The van der Waals surface area contributed by atoms with Gasteiger partial charge < -0.3 is 29.4 Å². The molecule has 2 aliphatic heterocycles. The van der Waals surface area contributed by atoms with Gasteiger partial charge in [0.05, 0.1) is 6.61 Å². The van der Waals surface area contributed by atoms with Gasteiger partial charge in [-0.2, -0.15) is 0 Å². The monoisotopic (exact) mass is 445 g/mol. The number of unbranched alkanes of at least 4 members (excludes halogenated alkanes) is 6. The van der Waals surface area contributed by atoms with E-state index in [0.29, 0.717) is 6.42 Å². The number of hydrogen-bond acceptors (Lipinski definition) is 6. The van der Waals surface area contributed by atoms with Gasteiger partial charge in [0.1, 0.15) is 24.4 Å². The minimum atomic E-state index is -0.978. The first kappa shape index (κ1) is 24.7. The van der Waals surface area contributed by atoms with E-state index in [2.05, 4.69) is 11.2 Å². The normalized spacial score (nSPS) is 29.7. The average Bonchev–Trinajstić information content (AvgIpc) is 2.82. The SMILES string of the molecule is C#CCCCCCCCCC(=O)N[C@H]1[C@@H](OC)O[C@@H]2COC(c3ccccc3)O[C@H]2[C@@H]1O. The Morgan fingerprint density at radius 2 is 1.88 bits per heavy atom. The van der Waals surface area contributed by atoms with E-state index in [1.165, 1.54) is 7.11 Å². The molecule has 3 rings (SSSR count). The van der Waals surface area contributed by atoms with Crippen LogP contribution in [0.5, 0.6) is 0 Å². The molecule has 0 bridgehead atoms. The topological polar surface area (TPSA) is 86.3 Å². The Morgan fingerprint density at radius 3 is 2.59 bits per heavy atom. The number of carbonyl (C=O) groups excluding carboxylic acids is 1. The summed E-state index contributed by atoms with van der Waals surface area (Å²) in [5.74, 6) is 2.53. The van der Waals surface area contributed by atoms with Crippen LogP contribution in [0, 0.1) is 12.3 Å². The lowest BCUT2D eigenvalue weighted by atomic mass is 9.95. The molecule has 6 atom stereocenters. The van der Waals surface area contributed by atoms with Gasteiger partial charge in [-0.15, -0.1) is 12.3 Å². The molecule has 1 amide bonds. The van der Waals surface area contributed by atoms with E-state index in [0.717, 1.165) is 50.5 Å². The van der Waals surface area contributed by atoms with Crippen molar-refractivity contribution in [3.05, 3.63) is 35.9 Å². The highest BCUT2D eigenvalue weighted by Gasteiger charge is 2.50. The van der Waals surface area contributed by atoms with Crippen LogP contribution >= 0.6 is 0 Å². The van der Waals surface area contributed by atoms with Crippen molar-refractivity contribution >= 4 is 5.91 Å². The molecule has 32 heavy (non-hydrogen) atoms. The van der Waals surface area contributed by atoms with Crippen molar-refractivity contribution < 1.29 is 28.8 Å². The molecule has 2 saturated heterocycles. The van der Waals surface area contributed by atoms with Gasteiger partial charge in [-0.25, -0.2) is 0 Å². The number of amides is 1. The quantitative estimate of drug-likeness (QED) is 0.402. The van der Waals surface area contributed by atoms with E-state index >= 15 is 0 Å². The molecule has 0 saturated carbocycles. The van der Waals surface area contributed by atoms with Gasteiger partial charge >= 0.3 is 0 Å². The molecule has 0 aromatic heterocycles. The van der Waals surface area contributed by atoms with Crippen molar-refractivity contribution in [2.45, 2.75) is 88.3 Å². The van der Waals surface area contributed by atoms with E-state index in [1.54, 1.807) is 0 Å². The second kappa shape index (κ2) is 12.9. The summed E-state index contributed by atoms with van der Waals surface area (Å²) in [6.45, 7) is 0.267. The number of hydrogen-bond donors (Lipinski definition) is 2. The van der Waals surface area contributed by atoms with E-state index in [-0.39, 0.29) is 12.5 Å². The third kappa shape index (κ3) is 6.77. The van der Waals surface area contributed by atoms with E-state index in [1.807, 2.05) is 30.3 Å². The molecule has 0 radical (unpaired) electrons. The number of terminal acetylenes is 1. The van der Waals surface area contributed by atoms with Crippen LogP contribution in [0.25, 0.3) is 0 Å². The van der Waals surface area contributed by atoms with Crippen molar-refractivity contribution in [1.82, 2.24) is 5.32 Å². The van der Waals surface area contributed by atoms with Crippen LogP contribution in [0.1, 0.15) is 63.2 Å². The molecule has 7 heteroatoms. The number of aliphatic hydroxyl groups is 1. The molecule has 2 N–H and O–H groups in total. The Bertz CT molecular complexity index is 736. The molecule has 176 valence electrons. The number of methoxy groups -OCH3 is 1. The first-order chi connectivity index (χ1) is 15.6. The van der Waals surface area contributed by atoms with Gasteiger partial charge in [-0.05, 0) is 12.8 Å². The highest BCUT2D eigenvalue weighted by molar-refractivity contribution is 5.76. The maximum Gasteiger partial charge on any atom is 0.220 e. The van der Waals surface area contributed by atoms with Gasteiger partial charge in [0.15, 0.2) is 12.6 Å². The van der Waals surface area contributed by atoms with Crippen LogP contribution in [0.3, 0.4) is 0 Å². The lowest BCUT2D eigenvalue weighted by Crippen LogP contribution is -2.66. The van der Waals surface area contributed by atoms with Crippen LogP contribution in [0.2, 0.25) is 0 Å². The number of benzene rings is 1. The highest BCUT2D eigenvalue weighted by atomic mass is 16.7. The summed E-state index contributed by atoms with van der Waals surface area (Å²) >= 11 is 0.